The van der Waals surface area contributed by atoms with Crippen LogP contribution >= 0.6 is 0 Å². The van der Waals surface area contributed by atoms with Crippen LogP contribution in [0, 0.1) is 0 Å². The van der Waals surface area contributed by atoms with Crippen molar-refractivity contribution in [3.8, 4) is 5.88 Å². The Morgan fingerprint density at radius 2 is 2.42 bits per heavy atom. The number of rotatable bonds is 4. The van der Waals surface area contributed by atoms with E-state index < -0.39 is 5.97 Å². The van der Waals surface area contributed by atoms with Crippen LogP contribution in [0.15, 0.2) is 18.3 Å². The molecule has 0 spiro atoms. The van der Waals surface area contributed by atoms with Crippen molar-refractivity contribution >= 4 is 5.97 Å². The number of aromatic nitrogens is 1. The zero-order valence-corrected chi connectivity index (χ0v) is 11.1. The second-order valence-electron chi connectivity index (χ2n) is 4.39. The van der Waals surface area contributed by atoms with E-state index in [4.69, 9.17) is 9.47 Å². The molecule has 0 bridgehead atoms. The molecule has 0 aliphatic carbocycles. The first-order chi connectivity index (χ1) is 9.20. The van der Waals surface area contributed by atoms with Crippen molar-refractivity contribution < 1.29 is 19.0 Å². The van der Waals surface area contributed by atoms with Gasteiger partial charge in [-0.3, -0.25) is 0 Å². The number of nitrogens with zero attached hydrogens (tertiary/aromatic N) is 1. The van der Waals surface area contributed by atoms with E-state index in [0.717, 1.165) is 13.1 Å². The summed E-state index contributed by atoms with van der Waals surface area (Å²) in [6, 6.07) is 3.29. The molecule has 1 aliphatic rings. The average molecular weight is 266 g/mol. The van der Waals surface area contributed by atoms with Gasteiger partial charge in [-0.2, -0.15) is 0 Å². The van der Waals surface area contributed by atoms with Crippen LogP contribution < -0.4 is 10.1 Å². The third-order valence-corrected chi connectivity index (χ3v) is 2.81. The molecule has 0 saturated carbocycles. The second kappa shape index (κ2) is 6.49. The summed E-state index contributed by atoms with van der Waals surface area (Å²) in [5.41, 5.74) is 0.321. The van der Waals surface area contributed by atoms with Gasteiger partial charge in [-0.15, -0.1) is 0 Å². The summed E-state index contributed by atoms with van der Waals surface area (Å²) >= 11 is 0. The Hall–Kier alpha value is -1.66. The molecule has 0 radical (unpaired) electrons. The summed E-state index contributed by atoms with van der Waals surface area (Å²) in [5, 5.41) is 3.25. The topological polar surface area (TPSA) is 69.7 Å². The van der Waals surface area contributed by atoms with Crippen LogP contribution in [-0.2, 0) is 9.47 Å². The molecule has 1 saturated heterocycles. The van der Waals surface area contributed by atoms with Crippen molar-refractivity contribution in [3.63, 3.8) is 0 Å². The minimum atomic E-state index is -0.459. The lowest BCUT2D eigenvalue weighted by atomic mass is 10.2. The molecule has 1 fully saturated rings. The number of morpholine rings is 1. The molecule has 1 aromatic heterocycles. The van der Waals surface area contributed by atoms with E-state index in [0.29, 0.717) is 12.2 Å². The quantitative estimate of drug-likeness (QED) is 0.806. The number of carbonyl (C=O) groups excluding carboxylic acids is 1. The number of methoxy groups -OCH3 is 1. The third-order valence-electron chi connectivity index (χ3n) is 2.81. The minimum Gasteiger partial charge on any atom is -0.474 e. The molecule has 104 valence electrons. The van der Waals surface area contributed by atoms with E-state index in [-0.39, 0.29) is 18.1 Å². The van der Waals surface area contributed by atoms with Gasteiger partial charge in [-0.1, -0.05) is 0 Å². The smallest absolute Gasteiger partial charge is 0.343 e. The fraction of sp³-hybridized carbons (Fsp3) is 0.538. The zero-order chi connectivity index (χ0) is 13.7. The fourth-order valence-corrected chi connectivity index (χ4v) is 1.91. The van der Waals surface area contributed by atoms with Gasteiger partial charge >= 0.3 is 5.97 Å². The highest BCUT2D eigenvalue weighted by Crippen LogP contribution is 2.16. The summed E-state index contributed by atoms with van der Waals surface area (Å²) in [6.07, 6.45) is 1.69. The maximum Gasteiger partial charge on any atom is 0.343 e. The number of pyridine rings is 1. The molecule has 1 aliphatic heterocycles. The van der Waals surface area contributed by atoms with Crippen LogP contribution in [-0.4, -0.2) is 50.0 Å². The largest absolute Gasteiger partial charge is 0.474 e. The Bertz CT molecular complexity index is 438. The van der Waals surface area contributed by atoms with E-state index >= 15 is 0 Å². The van der Waals surface area contributed by atoms with Crippen LogP contribution in [0.3, 0.4) is 0 Å². The van der Waals surface area contributed by atoms with Crippen molar-refractivity contribution in [3.05, 3.63) is 23.9 Å². The lowest BCUT2D eigenvalue weighted by molar-refractivity contribution is -0.0478. The molecule has 2 atom stereocenters. The van der Waals surface area contributed by atoms with Crippen molar-refractivity contribution in [2.24, 2.45) is 0 Å². The first kappa shape index (κ1) is 13.8. The summed E-state index contributed by atoms with van der Waals surface area (Å²) < 4.78 is 16.0. The van der Waals surface area contributed by atoms with Gasteiger partial charge in [0.05, 0.1) is 13.2 Å². The second-order valence-corrected chi connectivity index (χ2v) is 4.39. The summed E-state index contributed by atoms with van der Waals surface area (Å²) in [6.45, 7) is 3.91. The van der Waals surface area contributed by atoms with Gasteiger partial charge in [0.25, 0.3) is 0 Å². The average Bonchev–Trinajstić information content (AvgIpc) is 2.45. The highest BCUT2D eigenvalue weighted by molar-refractivity contribution is 5.91. The standard InChI is InChI=1S/C13H18N2O4/c1-9-6-14-7-10(19-9)8-18-12-11(13(16)17-2)4-3-5-15-12/h3-5,9-10,14H,6-8H2,1-2H3. The molecule has 6 heteroatoms. The molecular formula is C13H18N2O4. The maximum atomic E-state index is 11.6. The third kappa shape index (κ3) is 3.65. The summed E-state index contributed by atoms with van der Waals surface area (Å²) in [7, 11) is 1.33. The van der Waals surface area contributed by atoms with E-state index in [2.05, 4.69) is 15.0 Å². The summed E-state index contributed by atoms with van der Waals surface area (Å²) in [5.74, 6) is -0.185. The monoisotopic (exact) mass is 266 g/mol. The first-order valence-corrected chi connectivity index (χ1v) is 6.23. The fourth-order valence-electron chi connectivity index (χ4n) is 1.91. The van der Waals surface area contributed by atoms with E-state index in [1.54, 1.807) is 18.3 Å². The number of esters is 1. The molecule has 1 aromatic rings. The summed E-state index contributed by atoms with van der Waals surface area (Å²) in [4.78, 5) is 15.6. The molecule has 2 rings (SSSR count). The molecular weight excluding hydrogens is 248 g/mol. The van der Waals surface area contributed by atoms with Gasteiger partial charge in [0, 0.05) is 19.3 Å². The van der Waals surface area contributed by atoms with Gasteiger partial charge in [0.1, 0.15) is 18.3 Å². The van der Waals surface area contributed by atoms with Crippen LogP contribution in [0.2, 0.25) is 0 Å². The Labute approximate surface area is 112 Å². The maximum absolute atomic E-state index is 11.6. The van der Waals surface area contributed by atoms with Crippen LogP contribution in [0.4, 0.5) is 0 Å². The molecule has 6 nitrogen and oxygen atoms in total. The number of nitrogens with one attached hydrogen (secondary N) is 1. The Kier molecular flexibility index (Phi) is 4.70. The first-order valence-electron chi connectivity index (χ1n) is 6.23. The number of carbonyl (C=O) groups is 1. The molecule has 2 heterocycles. The lowest BCUT2D eigenvalue weighted by Gasteiger charge is -2.28. The van der Waals surface area contributed by atoms with Gasteiger partial charge < -0.3 is 19.5 Å². The number of hydrogen-bond donors (Lipinski definition) is 1. The highest BCUT2D eigenvalue weighted by Gasteiger charge is 2.21. The van der Waals surface area contributed by atoms with Crippen molar-refractivity contribution in [2.45, 2.75) is 19.1 Å². The predicted octanol–water partition coefficient (Wildman–Crippen LogP) is 0.624. The van der Waals surface area contributed by atoms with Crippen molar-refractivity contribution in [2.75, 3.05) is 26.8 Å². The van der Waals surface area contributed by atoms with Gasteiger partial charge in [0.2, 0.25) is 5.88 Å². The van der Waals surface area contributed by atoms with Crippen molar-refractivity contribution in [1.29, 1.82) is 0 Å². The Morgan fingerprint density at radius 3 is 3.16 bits per heavy atom. The lowest BCUT2D eigenvalue weighted by Crippen LogP contribution is -2.46. The van der Waals surface area contributed by atoms with Crippen LogP contribution in [0.25, 0.3) is 0 Å². The molecule has 19 heavy (non-hydrogen) atoms. The Balaban J connectivity index is 1.97. The SMILES string of the molecule is COC(=O)c1cccnc1OCC1CNCC(C)O1. The number of ether oxygens (including phenoxy) is 3. The van der Waals surface area contributed by atoms with E-state index in [9.17, 15) is 4.79 Å². The number of hydrogen-bond acceptors (Lipinski definition) is 6. The minimum absolute atomic E-state index is 0.0451. The van der Waals surface area contributed by atoms with Crippen molar-refractivity contribution in [1.82, 2.24) is 10.3 Å². The van der Waals surface area contributed by atoms with Crippen LogP contribution in [0.1, 0.15) is 17.3 Å². The molecule has 0 aromatic carbocycles. The predicted molar refractivity (Wildman–Crippen MR) is 68.3 cm³/mol. The van der Waals surface area contributed by atoms with E-state index in [1.807, 2.05) is 6.92 Å². The van der Waals surface area contributed by atoms with E-state index in [1.165, 1.54) is 7.11 Å². The Morgan fingerprint density at radius 1 is 1.58 bits per heavy atom. The molecule has 2 unspecified atom stereocenters. The van der Waals surface area contributed by atoms with Gasteiger partial charge in [-0.25, -0.2) is 9.78 Å². The molecule has 0 amide bonds. The molecule has 1 N–H and O–H groups in total. The zero-order valence-electron chi connectivity index (χ0n) is 11.1. The van der Waals surface area contributed by atoms with Gasteiger partial charge in [0.15, 0.2) is 0 Å². The van der Waals surface area contributed by atoms with Gasteiger partial charge in [-0.05, 0) is 19.1 Å². The highest BCUT2D eigenvalue weighted by atomic mass is 16.5. The van der Waals surface area contributed by atoms with Crippen LogP contribution in [0.5, 0.6) is 5.88 Å². The normalized spacial score (nSPS) is 22.8.